The van der Waals surface area contributed by atoms with Crippen LogP contribution in [0, 0.1) is 0 Å². The zero-order valence-electron chi connectivity index (χ0n) is 10.9. The molecule has 0 spiro atoms. The van der Waals surface area contributed by atoms with Crippen molar-refractivity contribution in [3.8, 4) is 5.75 Å². The van der Waals surface area contributed by atoms with Gasteiger partial charge in [-0.1, -0.05) is 44.1 Å². The lowest BCUT2D eigenvalue weighted by Gasteiger charge is -2.00. The number of benzene rings is 1. The quantitative estimate of drug-likeness (QED) is 0.501. The summed E-state index contributed by atoms with van der Waals surface area (Å²) in [6, 6.07) is 7.55. The van der Waals surface area contributed by atoms with Crippen molar-refractivity contribution in [1.29, 1.82) is 0 Å². The van der Waals surface area contributed by atoms with E-state index in [1.54, 1.807) is 6.07 Å². The van der Waals surface area contributed by atoms with Crippen molar-refractivity contribution in [1.82, 2.24) is 0 Å². The van der Waals surface area contributed by atoms with Gasteiger partial charge in [0.1, 0.15) is 5.75 Å². The van der Waals surface area contributed by atoms with Crippen LogP contribution in [0.4, 0.5) is 0 Å². The Morgan fingerprint density at radius 1 is 1.06 bits per heavy atom. The molecule has 1 heteroatoms. The maximum Gasteiger partial charge on any atom is 0.115 e. The first-order valence-corrected chi connectivity index (χ1v) is 6.76. The van der Waals surface area contributed by atoms with Gasteiger partial charge in [-0.05, 0) is 49.8 Å². The van der Waals surface area contributed by atoms with E-state index in [0.29, 0.717) is 5.75 Å². The zero-order valence-corrected chi connectivity index (χ0v) is 10.9. The maximum atomic E-state index is 9.32. The van der Waals surface area contributed by atoms with Crippen molar-refractivity contribution in [2.75, 3.05) is 0 Å². The summed E-state index contributed by atoms with van der Waals surface area (Å²) in [5.41, 5.74) is 1.23. The van der Waals surface area contributed by atoms with E-state index in [1.165, 1.54) is 31.2 Å². The topological polar surface area (TPSA) is 20.2 Å². The molecule has 0 atom stereocenters. The second kappa shape index (κ2) is 8.86. The number of rotatable bonds is 8. The van der Waals surface area contributed by atoms with Crippen LogP contribution in [0.2, 0.25) is 0 Å². The standard InChI is InChI=1S/C16H24O/c1-2-3-4-5-6-7-8-9-11-15-12-10-13-16(17)14-15/h6-7,10,12-14,17H,2-5,8-9,11H2,1H3/b7-6+. The van der Waals surface area contributed by atoms with Gasteiger partial charge in [0.05, 0.1) is 0 Å². The summed E-state index contributed by atoms with van der Waals surface area (Å²) in [6.07, 6.45) is 13.1. The molecule has 0 aliphatic heterocycles. The molecule has 0 fully saturated rings. The minimum Gasteiger partial charge on any atom is -0.508 e. The first-order chi connectivity index (χ1) is 8.33. The second-order valence-corrected chi connectivity index (χ2v) is 4.53. The van der Waals surface area contributed by atoms with E-state index < -0.39 is 0 Å². The number of phenolic OH excluding ortho intramolecular Hbond substituents is 1. The van der Waals surface area contributed by atoms with Gasteiger partial charge in [0.25, 0.3) is 0 Å². The fourth-order valence-electron chi connectivity index (χ4n) is 1.88. The second-order valence-electron chi connectivity index (χ2n) is 4.53. The Bertz CT molecular complexity index is 328. The van der Waals surface area contributed by atoms with Crippen LogP contribution >= 0.6 is 0 Å². The van der Waals surface area contributed by atoms with Crippen molar-refractivity contribution in [3.05, 3.63) is 42.0 Å². The number of hydrogen-bond acceptors (Lipinski definition) is 1. The van der Waals surface area contributed by atoms with Crippen LogP contribution in [0.5, 0.6) is 5.75 Å². The molecule has 0 amide bonds. The summed E-state index contributed by atoms with van der Waals surface area (Å²) < 4.78 is 0. The Labute approximate surface area is 105 Å². The normalized spacial score (nSPS) is 11.1. The minimum atomic E-state index is 0.373. The average molecular weight is 232 g/mol. The number of aromatic hydroxyl groups is 1. The first-order valence-electron chi connectivity index (χ1n) is 6.76. The molecule has 1 rings (SSSR count). The monoisotopic (exact) mass is 232 g/mol. The molecule has 0 unspecified atom stereocenters. The van der Waals surface area contributed by atoms with Gasteiger partial charge in [0, 0.05) is 0 Å². The van der Waals surface area contributed by atoms with Crippen molar-refractivity contribution in [2.24, 2.45) is 0 Å². The lowest BCUT2D eigenvalue weighted by atomic mass is 10.1. The van der Waals surface area contributed by atoms with Gasteiger partial charge >= 0.3 is 0 Å². The highest BCUT2D eigenvalue weighted by Crippen LogP contribution is 2.13. The Hall–Kier alpha value is -1.24. The van der Waals surface area contributed by atoms with Crippen LogP contribution in [0.15, 0.2) is 36.4 Å². The molecule has 0 aliphatic carbocycles. The molecule has 1 nitrogen and oxygen atoms in total. The van der Waals surface area contributed by atoms with Crippen LogP contribution in [0.1, 0.15) is 51.0 Å². The lowest BCUT2D eigenvalue weighted by Crippen LogP contribution is -1.83. The third-order valence-electron chi connectivity index (χ3n) is 2.89. The number of unbranched alkanes of at least 4 members (excludes halogenated alkanes) is 4. The van der Waals surface area contributed by atoms with Crippen LogP contribution in [0.25, 0.3) is 0 Å². The van der Waals surface area contributed by atoms with Gasteiger partial charge in [0.15, 0.2) is 0 Å². The first kappa shape index (κ1) is 13.8. The smallest absolute Gasteiger partial charge is 0.115 e. The molecule has 0 aromatic heterocycles. The van der Waals surface area contributed by atoms with Crippen molar-refractivity contribution in [3.63, 3.8) is 0 Å². The molecule has 1 aromatic carbocycles. The summed E-state index contributed by atoms with van der Waals surface area (Å²) in [7, 11) is 0. The van der Waals surface area contributed by atoms with Crippen LogP contribution in [-0.2, 0) is 6.42 Å². The van der Waals surface area contributed by atoms with Gasteiger partial charge in [0.2, 0.25) is 0 Å². The fourth-order valence-corrected chi connectivity index (χ4v) is 1.88. The van der Waals surface area contributed by atoms with E-state index in [9.17, 15) is 5.11 Å². The SMILES string of the molecule is CCCCC/C=C/CCCc1cccc(O)c1. The van der Waals surface area contributed by atoms with Crippen molar-refractivity contribution in [2.45, 2.75) is 51.9 Å². The van der Waals surface area contributed by atoms with Crippen molar-refractivity contribution < 1.29 is 5.11 Å². The third kappa shape index (κ3) is 6.83. The summed E-state index contributed by atoms with van der Waals surface area (Å²) in [5, 5.41) is 9.32. The molecule has 1 N–H and O–H groups in total. The highest BCUT2D eigenvalue weighted by atomic mass is 16.3. The summed E-state index contributed by atoms with van der Waals surface area (Å²) in [4.78, 5) is 0. The zero-order chi connectivity index (χ0) is 12.3. The molecule has 17 heavy (non-hydrogen) atoms. The molecule has 0 radical (unpaired) electrons. The van der Waals surface area contributed by atoms with Crippen LogP contribution < -0.4 is 0 Å². The molecule has 0 heterocycles. The Balaban J connectivity index is 2.08. The van der Waals surface area contributed by atoms with Gasteiger partial charge in [-0.15, -0.1) is 0 Å². The highest BCUT2D eigenvalue weighted by molar-refractivity contribution is 5.27. The van der Waals surface area contributed by atoms with Gasteiger partial charge in [-0.3, -0.25) is 0 Å². The Morgan fingerprint density at radius 2 is 1.82 bits per heavy atom. The van der Waals surface area contributed by atoms with E-state index in [0.717, 1.165) is 19.3 Å². The summed E-state index contributed by atoms with van der Waals surface area (Å²) >= 11 is 0. The number of hydrogen-bond donors (Lipinski definition) is 1. The van der Waals surface area contributed by atoms with E-state index in [-0.39, 0.29) is 0 Å². The van der Waals surface area contributed by atoms with Gasteiger partial charge in [-0.25, -0.2) is 0 Å². The molecule has 94 valence electrons. The number of allylic oxidation sites excluding steroid dienone is 2. The predicted octanol–water partition coefficient (Wildman–Crippen LogP) is 4.85. The van der Waals surface area contributed by atoms with E-state index >= 15 is 0 Å². The van der Waals surface area contributed by atoms with Gasteiger partial charge < -0.3 is 5.11 Å². The molecular weight excluding hydrogens is 208 g/mol. The molecule has 0 aliphatic rings. The van der Waals surface area contributed by atoms with Crippen molar-refractivity contribution >= 4 is 0 Å². The molecule has 1 aromatic rings. The summed E-state index contributed by atoms with van der Waals surface area (Å²) in [6.45, 7) is 2.24. The lowest BCUT2D eigenvalue weighted by molar-refractivity contribution is 0.474. The molecule has 0 saturated heterocycles. The molecular formula is C16H24O. The number of aryl methyl sites for hydroxylation is 1. The number of phenols is 1. The van der Waals surface area contributed by atoms with E-state index in [2.05, 4.69) is 25.1 Å². The average Bonchev–Trinajstić information content (AvgIpc) is 2.33. The maximum absolute atomic E-state index is 9.32. The fraction of sp³-hybridized carbons (Fsp3) is 0.500. The molecule has 0 saturated carbocycles. The Kier molecular flexibility index (Phi) is 7.20. The van der Waals surface area contributed by atoms with E-state index in [4.69, 9.17) is 0 Å². The Morgan fingerprint density at radius 3 is 2.53 bits per heavy atom. The minimum absolute atomic E-state index is 0.373. The van der Waals surface area contributed by atoms with E-state index in [1.807, 2.05) is 12.1 Å². The highest BCUT2D eigenvalue weighted by Gasteiger charge is 1.93. The third-order valence-corrected chi connectivity index (χ3v) is 2.89. The van der Waals surface area contributed by atoms with Crippen LogP contribution in [-0.4, -0.2) is 5.11 Å². The molecule has 0 bridgehead atoms. The summed E-state index contributed by atoms with van der Waals surface area (Å²) in [5.74, 6) is 0.373. The predicted molar refractivity (Wildman–Crippen MR) is 74.3 cm³/mol. The largest absolute Gasteiger partial charge is 0.508 e. The van der Waals surface area contributed by atoms with Gasteiger partial charge in [-0.2, -0.15) is 0 Å². The van der Waals surface area contributed by atoms with Crippen LogP contribution in [0.3, 0.4) is 0 Å².